The monoisotopic (exact) mass is 440 g/mol. The molecular weight excluding hydrogens is 412 g/mol. The zero-order valence-corrected chi connectivity index (χ0v) is 18.9. The molecule has 31 heavy (non-hydrogen) atoms. The first-order valence-corrected chi connectivity index (χ1v) is 11.6. The molecular formula is C23H28N4O3S. The fourth-order valence-corrected chi connectivity index (χ4v) is 5.74. The summed E-state index contributed by atoms with van der Waals surface area (Å²) in [6.07, 6.45) is 1.97. The molecule has 4 heterocycles. The maximum Gasteiger partial charge on any atom is 0.264 e. The molecule has 0 radical (unpaired) electrons. The van der Waals surface area contributed by atoms with E-state index in [9.17, 15) is 4.79 Å². The zero-order chi connectivity index (χ0) is 21.4. The molecule has 8 heteroatoms. The maximum atomic E-state index is 13.5. The number of rotatable bonds is 4. The zero-order valence-electron chi connectivity index (χ0n) is 18.0. The molecule has 2 saturated heterocycles. The van der Waals surface area contributed by atoms with Crippen LogP contribution in [0.1, 0.15) is 32.6 Å². The van der Waals surface area contributed by atoms with Crippen LogP contribution in [0.25, 0.3) is 10.1 Å². The number of morpholine rings is 2. The summed E-state index contributed by atoms with van der Waals surface area (Å²) < 4.78 is 14.7. The Labute approximate surface area is 186 Å². The molecule has 164 valence electrons. The van der Waals surface area contributed by atoms with Crippen LogP contribution in [0.15, 0.2) is 30.5 Å². The molecule has 2 aliphatic heterocycles. The summed E-state index contributed by atoms with van der Waals surface area (Å²) in [6, 6.07) is 8.29. The summed E-state index contributed by atoms with van der Waals surface area (Å²) in [6.45, 7) is 7.67. The number of aromatic nitrogens is 2. The van der Waals surface area contributed by atoms with Crippen LogP contribution >= 0.6 is 11.3 Å². The van der Waals surface area contributed by atoms with Gasteiger partial charge in [-0.3, -0.25) is 14.4 Å². The van der Waals surface area contributed by atoms with Crippen molar-refractivity contribution in [1.29, 1.82) is 0 Å². The second-order valence-electron chi connectivity index (χ2n) is 8.25. The van der Waals surface area contributed by atoms with Crippen molar-refractivity contribution in [3.05, 3.63) is 52.2 Å². The van der Waals surface area contributed by atoms with E-state index in [0.29, 0.717) is 32.9 Å². The number of benzene rings is 1. The highest BCUT2D eigenvalue weighted by molar-refractivity contribution is 7.21. The lowest BCUT2D eigenvalue weighted by molar-refractivity contribution is -0.0325. The lowest BCUT2D eigenvalue weighted by atomic mass is 10.0. The van der Waals surface area contributed by atoms with E-state index < -0.39 is 0 Å². The van der Waals surface area contributed by atoms with Gasteiger partial charge in [0, 0.05) is 61.8 Å². The van der Waals surface area contributed by atoms with Gasteiger partial charge in [-0.15, -0.1) is 11.3 Å². The highest BCUT2D eigenvalue weighted by atomic mass is 32.1. The molecule has 0 N–H and O–H groups in total. The Balaban J connectivity index is 1.45. The number of carbonyl (C=O) groups excluding carboxylic acids is 1. The van der Waals surface area contributed by atoms with Gasteiger partial charge in [-0.25, -0.2) is 0 Å². The van der Waals surface area contributed by atoms with Gasteiger partial charge in [-0.05, 0) is 18.4 Å². The third-order valence-electron chi connectivity index (χ3n) is 6.11. The Morgan fingerprint density at radius 2 is 2.00 bits per heavy atom. The van der Waals surface area contributed by atoms with Crippen LogP contribution in [0.2, 0.25) is 0 Å². The van der Waals surface area contributed by atoms with Crippen molar-refractivity contribution < 1.29 is 14.3 Å². The Kier molecular flexibility index (Phi) is 5.79. The molecule has 1 atom stereocenters. The van der Waals surface area contributed by atoms with E-state index in [4.69, 9.17) is 9.47 Å². The summed E-state index contributed by atoms with van der Waals surface area (Å²) in [7, 11) is 1.96. The van der Waals surface area contributed by atoms with E-state index in [2.05, 4.69) is 35.3 Å². The number of ether oxygens (including phenoxy) is 2. The average molecular weight is 441 g/mol. The van der Waals surface area contributed by atoms with Gasteiger partial charge in [-0.2, -0.15) is 5.10 Å². The van der Waals surface area contributed by atoms with E-state index in [0.717, 1.165) is 45.9 Å². The molecule has 3 aromatic rings. The third kappa shape index (κ3) is 4.13. The quantitative estimate of drug-likeness (QED) is 0.624. The Hall–Kier alpha value is -2.26. The van der Waals surface area contributed by atoms with Crippen LogP contribution in [0.5, 0.6) is 0 Å². The number of nitrogens with zero attached hydrogens (tertiary/aromatic N) is 4. The van der Waals surface area contributed by atoms with E-state index in [1.165, 1.54) is 5.56 Å². The van der Waals surface area contributed by atoms with Crippen molar-refractivity contribution in [2.45, 2.75) is 19.6 Å². The lowest BCUT2D eigenvalue weighted by Gasteiger charge is -2.34. The average Bonchev–Trinajstić information content (AvgIpc) is 3.33. The topological polar surface area (TPSA) is 59.8 Å². The summed E-state index contributed by atoms with van der Waals surface area (Å²) in [5, 5.41) is 5.61. The Morgan fingerprint density at radius 1 is 1.19 bits per heavy atom. The predicted molar refractivity (Wildman–Crippen MR) is 120 cm³/mol. The number of carbonyl (C=O) groups is 1. The van der Waals surface area contributed by atoms with Crippen LogP contribution in [-0.2, 0) is 23.1 Å². The normalized spacial score (nSPS) is 20.5. The molecule has 2 fully saturated rings. The smallest absolute Gasteiger partial charge is 0.264 e. The molecule has 1 aromatic carbocycles. The van der Waals surface area contributed by atoms with Crippen LogP contribution < -0.4 is 0 Å². The van der Waals surface area contributed by atoms with Gasteiger partial charge in [0.25, 0.3) is 5.91 Å². The molecule has 0 aliphatic carbocycles. The van der Waals surface area contributed by atoms with Crippen molar-refractivity contribution in [3.8, 4) is 0 Å². The second-order valence-corrected chi connectivity index (χ2v) is 9.31. The minimum Gasteiger partial charge on any atom is -0.378 e. The molecule has 0 unspecified atom stereocenters. The van der Waals surface area contributed by atoms with Crippen molar-refractivity contribution in [1.82, 2.24) is 19.6 Å². The first kappa shape index (κ1) is 20.6. The van der Waals surface area contributed by atoms with E-state index in [-0.39, 0.29) is 12.0 Å². The number of hydrogen-bond acceptors (Lipinski definition) is 6. The molecule has 0 saturated carbocycles. The first-order valence-electron chi connectivity index (χ1n) is 10.8. The molecule has 0 spiro atoms. The van der Waals surface area contributed by atoms with E-state index in [1.807, 2.05) is 28.8 Å². The SMILES string of the molecule is Cc1nn(C)cc1CN1CCO[C@H](c2c(C(=O)N3CCOCC3)sc3ccccc23)C1. The number of fused-ring (bicyclic) bond motifs is 1. The molecule has 2 aliphatic rings. The van der Waals surface area contributed by atoms with E-state index in [1.54, 1.807) is 11.3 Å². The minimum absolute atomic E-state index is 0.100. The summed E-state index contributed by atoms with van der Waals surface area (Å²) >= 11 is 1.59. The van der Waals surface area contributed by atoms with Gasteiger partial charge in [0.2, 0.25) is 0 Å². The van der Waals surface area contributed by atoms with Crippen LogP contribution in [0, 0.1) is 6.92 Å². The largest absolute Gasteiger partial charge is 0.378 e. The van der Waals surface area contributed by atoms with Gasteiger partial charge in [-0.1, -0.05) is 18.2 Å². The van der Waals surface area contributed by atoms with Gasteiger partial charge in [0.05, 0.1) is 36.5 Å². The first-order chi connectivity index (χ1) is 15.1. The third-order valence-corrected chi connectivity index (χ3v) is 7.28. The number of hydrogen-bond donors (Lipinski definition) is 0. The summed E-state index contributed by atoms with van der Waals surface area (Å²) in [5.74, 6) is 0.100. The highest BCUT2D eigenvalue weighted by Crippen LogP contribution is 2.39. The maximum absolute atomic E-state index is 13.5. The standard InChI is InChI=1S/C23H28N4O3S/c1-16-17(13-25(2)24-16)14-26-7-12-30-19(15-26)21-18-5-3-4-6-20(18)31-22(21)23(28)27-8-10-29-11-9-27/h3-6,13,19H,7-12,14-15H2,1-2H3/t19-/m0/s1. The molecule has 0 bridgehead atoms. The number of amides is 1. The second kappa shape index (κ2) is 8.70. The lowest BCUT2D eigenvalue weighted by Crippen LogP contribution is -2.41. The molecule has 5 rings (SSSR count). The van der Waals surface area contributed by atoms with Crippen molar-refractivity contribution in [2.75, 3.05) is 46.0 Å². The fourth-order valence-electron chi connectivity index (χ4n) is 4.52. The summed E-state index contributed by atoms with van der Waals surface area (Å²) in [4.78, 5) is 18.6. The summed E-state index contributed by atoms with van der Waals surface area (Å²) in [5.41, 5.74) is 3.35. The molecule has 7 nitrogen and oxygen atoms in total. The van der Waals surface area contributed by atoms with Crippen molar-refractivity contribution in [3.63, 3.8) is 0 Å². The minimum atomic E-state index is -0.123. The number of thiophene rings is 1. The number of aryl methyl sites for hydroxylation is 2. The van der Waals surface area contributed by atoms with Crippen LogP contribution in [0.3, 0.4) is 0 Å². The van der Waals surface area contributed by atoms with Crippen LogP contribution in [-0.4, -0.2) is 71.5 Å². The van der Waals surface area contributed by atoms with Gasteiger partial charge >= 0.3 is 0 Å². The molecule has 2 aromatic heterocycles. The predicted octanol–water partition coefficient (Wildman–Crippen LogP) is 2.99. The van der Waals surface area contributed by atoms with Crippen LogP contribution in [0.4, 0.5) is 0 Å². The van der Waals surface area contributed by atoms with Crippen molar-refractivity contribution >= 4 is 27.3 Å². The van der Waals surface area contributed by atoms with Gasteiger partial charge < -0.3 is 14.4 Å². The Morgan fingerprint density at radius 3 is 2.77 bits per heavy atom. The van der Waals surface area contributed by atoms with E-state index >= 15 is 0 Å². The highest BCUT2D eigenvalue weighted by Gasteiger charge is 2.32. The van der Waals surface area contributed by atoms with Gasteiger partial charge in [0.15, 0.2) is 0 Å². The fraction of sp³-hybridized carbons (Fsp3) is 0.478. The van der Waals surface area contributed by atoms with Crippen molar-refractivity contribution in [2.24, 2.45) is 7.05 Å². The molecule has 1 amide bonds. The van der Waals surface area contributed by atoms with Gasteiger partial charge in [0.1, 0.15) is 0 Å². The Bertz CT molecular complexity index is 1090.